The van der Waals surface area contributed by atoms with Gasteiger partial charge in [0.15, 0.2) is 0 Å². The lowest BCUT2D eigenvalue weighted by molar-refractivity contribution is -0.142. The summed E-state index contributed by atoms with van der Waals surface area (Å²) >= 11 is 0. The number of ether oxygens (including phenoxy) is 1. The number of carbonyl (C=O) groups is 1. The van der Waals surface area contributed by atoms with Crippen LogP contribution in [0, 0.1) is 5.92 Å². The van der Waals surface area contributed by atoms with Crippen molar-refractivity contribution >= 4 is 5.97 Å². The Kier molecular flexibility index (Phi) is 5.36. The molecule has 0 aliphatic rings. The Balaban J connectivity index is 3.27. The first-order chi connectivity index (χ1) is 8.92. The van der Waals surface area contributed by atoms with Crippen LogP contribution in [0.4, 0.5) is 0 Å². The fourth-order valence-corrected chi connectivity index (χ4v) is 2.17. The molecule has 0 aliphatic carbocycles. The molecule has 0 amide bonds. The normalized spacial score (nSPS) is 14.2. The molecule has 2 N–H and O–H groups in total. The molecule has 0 fully saturated rings. The molecule has 2 unspecified atom stereocenters. The predicted octanol–water partition coefficient (Wildman–Crippen LogP) is 2.80. The number of methoxy groups -OCH3 is 1. The second kappa shape index (κ2) is 6.57. The number of aliphatic carboxylic acids is 1. The molecular formula is C15H23NO3. The van der Waals surface area contributed by atoms with E-state index in [1.165, 1.54) is 5.56 Å². The van der Waals surface area contributed by atoms with E-state index in [0.717, 1.165) is 11.3 Å². The minimum Gasteiger partial charge on any atom is -0.496 e. The van der Waals surface area contributed by atoms with Gasteiger partial charge in [-0.2, -0.15) is 0 Å². The number of rotatable bonds is 6. The number of carboxylic acid groups (broad SMARTS) is 1. The summed E-state index contributed by atoms with van der Waals surface area (Å²) in [6.07, 6.45) is 0. The molecule has 0 spiro atoms. The second-order valence-corrected chi connectivity index (χ2v) is 5.05. The zero-order valence-electron chi connectivity index (χ0n) is 12.2. The van der Waals surface area contributed by atoms with E-state index >= 15 is 0 Å². The van der Waals surface area contributed by atoms with E-state index in [2.05, 4.69) is 19.2 Å². The molecule has 0 aliphatic heterocycles. The van der Waals surface area contributed by atoms with Gasteiger partial charge < -0.3 is 15.2 Å². The van der Waals surface area contributed by atoms with Gasteiger partial charge in [-0.15, -0.1) is 0 Å². The van der Waals surface area contributed by atoms with E-state index in [9.17, 15) is 9.90 Å². The molecule has 4 heteroatoms. The van der Waals surface area contributed by atoms with Crippen LogP contribution in [-0.2, 0) is 4.79 Å². The molecule has 0 aromatic heterocycles. The number of hydrogen-bond donors (Lipinski definition) is 2. The van der Waals surface area contributed by atoms with E-state index in [1.807, 2.05) is 18.2 Å². The van der Waals surface area contributed by atoms with Gasteiger partial charge in [-0.25, -0.2) is 0 Å². The first-order valence-corrected chi connectivity index (χ1v) is 6.50. The molecule has 1 aromatic rings. The largest absolute Gasteiger partial charge is 0.496 e. The second-order valence-electron chi connectivity index (χ2n) is 5.05. The Morgan fingerprint density at radius 3 is 2.37 bits per heavy atom. The van der Waals surface area contributed by atoms with Gasteiger partial charge in [0.1, 0.15) is 5.75 Å². The average molecular weight is 265 g/mol. The third kappa shape index (κ3) is 3.47. The van der Waals surface area contributed by atoms with Crippen molar-refractivity contribution in [1.29, 1.82) is 0 Å². The van der Waals surface area contributed by atoms with Crippen LogP contribution in [0.3, 0.4) is 0 Å². The number of benzene rings is 1. The summed E-state index contributed by atoms with van der Waals surface area (Å²) < 4.78 is 5.36. The maximum Gasteiger partial charge on any atom is 0.308 e. The van der Waals surface area contributed by atoms with Crippen molar-refractivity contribution in [1.82, 2.24) is 5.32 Å². The fourth-order valence-electron chi connectivity index (χ4n) is 2.17. The summed E-state index contributed by atoms with van der Waals surface area (Å²) in [6.45, 7) is 5.92. The zero-order valence-corrected chi connectivity index (χ0v) is 12.2. The first-order valence-electron chi connectivity index (χ1n) is 6.50. The molecule has 0 heterocycles. The molecule has 0 radical (unpaired) electrons. The van der Waals surface area contributed by atoms with Crippen molar-refractivity contribution in [3.63, 3.8) is 0 Å². The quantitative estimate of drug-likeness (QED) is 0.830. The lowest BCUT2D eigenvalue weighted by atomic mass is 9.90. The molecule has 19 heavy (non-hydrogen) atoms. The maximum absolute atomic E-state index is 11.2. The Bertz CT molecular complexity index is 443. The summed E-state index contributed by atoms with van der Waals surface area (Å²) in [6, 6.07) is 5.69. The van der Waals surface area contributed by atoms with Crippen LogP contribution in [0.25, 0.3) is 0 Å². The maximum atomic E-state index is 11.2. The molecule has 2 atom stereocenters. The summed E-state index contributed by atoms with van der Waals surface area (Å²) in [5.74, 6) is -0.239. The summed E-state index contributed by atoms with van der Waals surface area (Å²) in [5.41, 5.74) is 2.07. The number of carboxylic acids is 1. The van der Waals surface area contributed by atoms with Gasteiger partial charge in [0.2, 0.25) is 0 Å². The third-order valence-corrected chi connectivity index (χ3v) is 3.46. The standard InChI is InChI=1S/C15H23NO3/c1-9(2)11-6-7-13(19-5)12(8-11)14(16-4)10(3)15(17)18/h6-10,14,16H,1-5H3,(H,17,18). The van der Waals surface area contributed by atoms with Crippen molar-refractivity contribution in [3.05, 3.63) is 29.3 Å². The Labute approximate surface area is 114 Å². The van der Waals surface area contributed by atoms with Crippen LogP contribution in [-0.4, -0.2) is 25.2 Å². The Morgan fingerprint density at radius 2 is 1.95 bits per heavy atom. The van der Waals surface area contributed by atoms with Crippen molar-refractivity contribution in [2.24, 2.45) is 5.92 Å². The van der Waals surface area contributed by atoms with E-state index in [4.69, 9.17) is 4.74 Å². The fraction of sp³-hybridized carbons (Fsp3) is 0.533. The van der Waals surface area contributed by atoms with Crippen LogP contribution in [0.15, 0.2) is 18.2 Å². The number of hydrogen-bond acceptors (Lipinski definition) is 3. The lowest BCUT2D eigenvalue weighted by Crippen LogP contribution is -2.29. The van der Waals surface area contributed by atoms with Gasteiger partial charge in [-0.1, -0.05) is 32.9 Å². The topological polar surface area (TPSA) is 58.6 Å². The highest BCUT2D eigenvalue weighted by atomic mass is 16.5. The zero-order chi connectivity index (χ0) is 14.6. The van der Waals surface area contributed by atoms with Crippen molar-refractivity contribution < 1.29 is 14.6 Å². The van der Waals surface area contributed by atoms with Crippen molar-refractivity contribution in [3.8, 4) is 5.75 Å². The van der Waals surface area contributed by atoms with Crippen LogP contribution in [0.2, 0.25) is 0 Å². The minimum atomic E-state index is -0.823. The van der Waals surface area contributed by atoms with Crippen LogP contribution < -0.4 is 10.1 Å². The predicted molar refractivity (Wildman–Crippen MR) is 75.7 cm³/mol. The van der Waals surface area contributed by atoms with E-state index in [1.54, 1.807) is 21.1 Å². The van der Waals surface area contributed by atoms with Crippen LogP contribution in [0.1, 0.15) is 43.9 Å². The van der Waals surface area contributed by atoms with Crippen molar-refractivity contribution in [2.75, 3.05) is 14.2 Å². The lowest BCUT2D eigenvalue weighted by Gasteiger charge is -2.24. The molecule has 0 bridgehead atoms. The summed E-state index contributed by atoms with van der Waals surface area (Å²) in [5, 5.41) is 12.3. The van der Waals surface area contributed by atoms with Gasteiger partial charge in [0.05, 0.1) is 13.0 Å². The minimum absolute atomic E-state index is 0.272. The van der Waals surface area contributed by atoms with E-state index in [-0.39, 0.29) is 6.04 Å². The number of nitrogens with one attached hydrogen (secondary N) is 1. The van der Waals surface area contributed by atoms with Crippen molar-refractivity contribution in [2.45, 2.75) is 32.7 Å². The van der Waals surface area contributed by atoms with Gasteiger partial charge >= 0.3 is 5.97 Å². The molecule has 0 saturated heterocycles. The molecule has 1 aromatic carbocycles. The highest BCUT2D eigenvalue weighted by Gasteiger charge is 2.26. The third-order valence-electron chi connectivity index (χ3n) is 3.46. The molecule has 106 valence electrons. The summed E-state index contributed by atoms with van der Waals surface area (Å²) in [4.78, 5) is 11.2. The molecule has 1 rings (SSSR count). The SMILES string of the molecule is CNC(c1cc(C(C)C)ccc1OC)C(C)C(=O)O. The van der Waals surface area contributed by atoms with E-state index < -0.39 is 11.9 Å². The highest BCUT2D eigenvalue weighted by molar-refractivity contribution is 5.71. The molecular weight excluding hydrogens is 242 g/mol. The Morgan fingerprint density at radius 1 is 1.32 bits per heavy atom. The Hall–Kier alpha value is -1.55. The van der Waals surface area contributed by atoms with Crippen LogP contribution >= 0.6 is 0 Å². The van der Waals surface area contributed by atoms with Gasteiger partial charge in [0.25, 0.3) is 0 Å². The molecule has 0 saturated carbocycles. The smallest absolute Gasteiger partial charge is 0.308 e. The monoisotopic (exact) mass is 265 g/mol. The van der Waals surface area contributed by atoms with Crippen LogP contribution in [0.5, 0.6) is 5.75 Å². The van der Waals surface area contributed by atoms with Gasteiger partial charge in [-0.05, 0) is 24.6 Å². The molecule has 4 nitrogen and oxygen atoms in total. The first kappa shape index (κ1) is 15.5. The van der Waals surface area contributed by atoms with Gasteiger partial charge in [0, 0.05) is 11.6 Å². The van der Waals surface area contributed by atoms with Gasteiger partial charge in [-0.3, -0.25) is 4.79 Å². The summed E-state index contributed by atoms with van der Waals surface area (Å²) in [7, 11) is 3.37. The van der Waals surface area contributed by atoms with E-state index in [0.29, 0.717) is 5.92 Å². The average Bonchev–Trinajstić information content (AvgIpc) is 2.39. The highest BCUT2D eigenvalue weighted by Crippen LogP contribution is 2.32.